The fraction of sp³-hybridized carbons (Fsp3) is 0.385. The number of benzene rings is 1. The van der Waals surface area contributed by atoms with Crippen LogP contribution in [-0.2, 0) is 12.8 Å². The first-order valence-electron chi connectivity index (χ1n) is 5.97. The van der Waals surface area contributed by atoms with Crippen LogP contribution in [0.3, 0.4) is 0 Å². The highest BCUT2D eigenvalue weighted by Crippen LogP contribution is 2.20. The molecule has 5 nitrogen and oxygen atoms in total. The first kappa shape index (κ1) is 12.6. The van der Waals surface area contributed by atoms with E-state index in [4.69, 9.17) is 15.4 Å². The molecule has 1 atom stereocenters. The molecule has 2 rings (SSSR count). The van der Waals surface area contributed by atoms with Crippen LogP contribution in [0, 0.1) is 0 Å². The second kappa shape index (κ2) is 5.64. The van der Waals surface area contributed by atoms with E-state index in [-0.39, 0.29) is 12.5 Å². The van der Waals surface area contributed by atoms with Gasteiger partial charge >= 0.3 is 0 Å². The van der Waals surface area contributed by atoms with Crippen LogP contribution >= 0.6 is 0 Å². The molecule has 0 spiro atoms. The van der Waals surface area contributed by atoms with Crippen molar-refractivity contribution >= 4 is 5.69 Å². The Morgan fingerprint density at radius 2 is 2.06 bits per heavy atom. The lowest BCUT2D eigenvalue weighted by Gasteiger charge is -2.08. The summed E-state index contributed by atoms with van der Waals surface area (Å²) in [4.78, 5) is 4.22. The predicted octanol–water partition coefficient (Wildman–Crippen LogP) is 1.53. The highest BCUT2D eigenvalue weighted by atomic mass is 16.5. The Bertz CT molecular complexity index is 493. The Kier molecular flexibility index (Phi) is 3.94. The van der Waals surface area contributed by atoms with Crippen LogP contribution in [0.5, 0.6) is 0 Å². The molecule has 0 bridgehead atoms. The minimum absolute atomic E-state index is 0.0342. The number of aliphatic hydroxyl groups is 1. The fourth-order valence-corrected chi connectivity index (χ4v) is 1.78. The molecule has 2 aromatic rings. The summed E-state index contributed by atoms with van der Waals surface area (Å²) in [5, 5.41) is 12.6. The SMILES string of the molecule is CC(Cc1nc(CCO)no1)c1ccc(N)cc1. The van der Waals surface area contributed by atoms with Crippen molar-refractivity contribution in [1.82, 2.24) is 10.1 Å². The monoisotopic (exact) mass is 247 g/mol. The van der Waals surface area contributed by atoms with Gasteiger partial charge in [-0.25, -0.2) is 0 Å². The molecule has 0 saturated carbocycles. The summed E-state index contributed by atoms with van der Waals surface area (Å²) in [6.07, 6.45) is 1.11. The molecule has 0 fully saturated rings. The number of nitrogen functional groups attached to an aromatic ring is 1. The van der Waals surface area contributed by atoms with Crippen LogP contribution in [0.1, 0.15) is 30.1 Å². The second-order valence-electron chi connectivity index (χ2n) is 4.35. The first-order valence-corrected chi connectivity index (χ1v) is 5.97. The quantitative estimate of drug-likeness (QED) is 0.783. The molecular weight excluding hydrogens is 230 g/mol. The van der Waals surface area contributed by atoms with Crippen molar-refractivity contribution in [1.29, 1.82) is 0 Å². The molecule has 0 saturated heterocycles. The predicted molar refractivity (Wildman–Crippen MR) is 68.1 cm³/mol. The number of aliphatic hydroxyl groups excluding tert-OH is 1. The number of rotatable bonds is 5. The zero-order valence-corrected chi connectivity index (χ0v) is 10.3. The summed E-state index contributed by atoms with van der Waals surface area (Å²) in [6, 6.07) is 7.78. The van der Waals surface area contributed by atoms with Crippen LogP contribution in [0.15, 0.2) is 28.8 Å². The van der Waals surface area contributed by atoms with Crippen molar-refractivity contribution in [3.05, 3.63) is 41.5 Å². The maximum Gasteiger partial charge on any atom is 0.227 e. The highest BCUT2D eigenvalue weighted by molar-refractivity contribution is 5.40. The van der Waals surface area contributed by atoms with Gasteiger partial charge in [-0.3, -0.25) is 0 Å². The van der Waals surface area contributed by atoms with Gasteiger partial charge in [0.25, 0.3) is 0 Å². The van der Waals surface area contributed by atoms with Crippen molar-refractivity contribution in [2.75, 3.05) is 12.3 Å². The van der Waals surface area contributed by atoms with E-state index in [9.17, 15) is 0 Å². The lowest BCUT2D eigenvalue weighted by molar-refractivity contribution is 0.292. The van der Waals surface area contributed by atoms with Crippen molar-refractivity contribution in [3.8, 4) is 0 Å². The van der Waals surface area contributed by atoms with E-state index < -0.39 is 0 Å². The van der Waals surface area contributed by atoms with E-state index in [2.05, 4.69) is 17.1 Å². The Balaban J connectivity index is 2.01. The van der Waals surface area contributed by atoms with Gasteiger partial charge in [0.2, 0.25) is 5.89 Å². The Hall–Kier alpha value is -1.88. The van der Waals surface area contributed by atoms with Gasteiger partial charge in [0.15, 0.2) is 5.82 Å². The smallest absolute Gasteiger partial charge is 0.227 e. The standard InChI is InChI=1S/C13H17N3O2/c1-9(10-2-4-11(14)5-3-10)8-13-15-12(6-7-17)16-18-13/h2-5,9,17H,6-8,14H2,1H3. The van der Waals surface area contributed by atoms with Crippen molar-refractivity contribution < 1.29 is 9.63 Å². The van der Waals surface area contributed by atoms with Gasteiger partial charge in [-0.05, 0) is 23.6 Å². The average molecular weight is 247 g/mol. The van der Waals surface area contributed by atoms with Crippen LogP contribution in [0.4, 0.5) is 5.69 Å². The van der Waals surface area contributed by atoms with Gasteiger partial charge in [0.1, 0.15) is 0 Å². The number of nitrogens with zero attached hydrogens (tertiary/aromatic N) is 2. The highest BCUT2D eigenvalue weighted by Gasteiger charge is 2.12. The lowest BCUT2D eigenvalue weighted by atomic mass is 9.98. The average Bonchev–Trinajstić information content (AvgIpc) is 2.78. The van der Waals surface area contributed by atoms with Gasteiger partial charge < -0.3 is 15.4 Å². The van der Waals surface area contributed by atoms with Gasteiger partial charge in [-0.2, -0.15) is 4.98 Å². The number of nitrogens with two attached hydrogens (primary N) is 1. The fourth-order valence-electron chi connectivity index (χ4n) is 1.78. The third kappa shape index (κ3) is 3.07. The van der Waals surface area contributed by atoms with E-state index >= 15 is 0 Å². The zero-order chi connectivity index (χ0) is 13.0. The maximum absolute atomic E-state index is 8.78. The van der Waals surface area contributed by atoms with Crippen molar-refractivity contribution in [3.63, 3.8) is 0 Å². The normalized spacial score (nSPS) is 12.6. The molecule has 1 aromatic carbocycles. The maximum atomic E-state index is 8.78. The molecule has 0 aliphatic carbocycles. The number of hydrogen-bond donors (Lipinski definition) is 2. The molecule has 3 N–H and O–H groups in total. The molecule has 0 aliphatic heterocycles. The molecule has 0 amide bonds. The van der Waals surface area contributed by atoms with Gasteiger partial charge in [0, 0.05) is 18.5 Å². The molecule has 0 aliphatic rings. The van der Waals surface area contributed by atoms with E-state index in [1.807, 2.05) is 24.3 Å². The molecule has 5 heteroatoms. The van der Waals surface area contributed by atoms with E-state index in [1.54, 1.807) is 0 Å². The first-order chi connectivity index (χ1) is 8.69. The van der Waals surface area contributed by atoms with E-state index in [0.717, 1.165) is 5.69 Å². The summed E-state index contributed by atoms with van der Waals surface area (Å²) >= 11 is 0. The largest absolute Gasteiger partial charge is 0.399 e. The molecule has 96 valence electrons. The van der Waals surface area contributed by atoms with E-state index in [0.29, 0.717) is 24.6 Å². The topological polar surface area (TPSA) is 85.2 Å². The third-order valence-corrected chi connectivity index (χ3v) is 2.83. The van der Waals surface area contributed by atoms with Crippen molar-refractivity contribution in [2.45, 2.75) is 25.7 Å². The number of anilines is 1. The van der Waals surface area contributed by atoms with Crippen LogP contribution in [0.2, 0.25) is 0 Å². The molecule has 1 heterocycles. The van der Waals surface area contributed by atoms with Crippen LogP contribution in [-0.4, -0.2) is 21.9 Å². The summed E-state index contributed by atoms with van der Waals surface area (Å²) < 4.78 is 5.14. The minimum Gasteiger partial charge on any atom is -0.399 e. The Labute approximate surface area is 106 Å². The van der Waals surface area contributed by atoms with Gasteiger partial charge in [-0.1, -0.05) is 24.2 Å². The lowest BCUT2D eigenvalue weighted by Crippen LogP contribution is -2.00. The molecule has 1 aromatic heterocycles. The molecule has 1 unspecified atom stereocenters. The molecule has 18 heavy (non-hydrogen) atoms. The van der Waals surface area contributed by atoms with E-state index in [1.165, 1.54) is 5.56 Å². The Morgan fingerprint density at radius 1 is 1.33 bits per heavy atom. The minimum atomic E-state index is 0.0342. The Morgan fingerprint density at radius 3 is 2.72 bits per heavy atom. The summed E-state index contributed by atoms with van der Waals surface area (Å²) in [7, 11) is 0. The zero-order valence-electron chi connectivity index (χ0n) is 10.3. The van der Waals surface area contributed by atoms with Crippen molar-refractivity contribution in [2.24, 2.45) is 0 Å². The van der Waals surface area contributed by atoms with Crippen LogP contribution < -0.4 is 5.73 Å². The summed E-state index contributed by atoms with van der Waals surface area (Å²) in [5.41, 5.74) is 7.60. The summed E-state index contributed by atoms with van der Waals surface area (Å²) in [6.45, 7) is 2.13. The molecular formula is C13H17N3O2. The second-order valence-corrected chi connectivity index (χ2v) is 4.35. The van der Waals surface area contributed by atoms with Crippen LogP contribution in [0.25, 0.3) is 0 Å². The number of hydrogen-bond acceptors (Lipinski definition) is 5. The summed E-state index contributed by atoms with van der Waals surface area (Å²) in [5.74, 6) is 1.44. The molecule has 0 radical (unpaired) electrons. The number of aromatic nitrogens is 2. The third-order valence-electron chi connectivity index (χ3n) is 2.83. The van der Waals surface area contributed by atoms with Gasteiger partial charge in [0.05, 0.1) is 6.61 Å². The van der Waals surface area contributed by atoms with Gasteiger partial charge in [-0.15, -0.1) is 0 Å².